The first-order valence-corrected chi connectivity index (χ1v) is 13.2. The Bertz CT molecular complexity index is 1170. The van der Waals surface area contributed by atoms with Crippen molar-refractivity contribution in [2.45, 2.75) is 60.1 Å². The quantitative estimate of drug-likeness (QED) is 0.237. The van der Waals surface area contributed by atoms with Gasteiger partial charge in [0.2, 0.25) is 0 Å². The smallest absolute Gasteiger partial charge is 0.389 e. The van der Waals surface area contributed by atoms with Crippen LogP contribution in [0, 0.1) is 17.3 Å². The fourth-order valence-corrected chi connectivity index (χ4v) is 5.53. The lowest BCUT2D eigenvalue weighted by Gasteiger charge is -2.30. The topological polar surface area (TPSA) is 35.5 Å². The van der Waals surface area contributed by atoms with Crippen LogP contribution in [0.3, 0.4) is 0 Å². The number of carbonyl (C=O) groups excluding carboxylic acids is 1. The van der Waals surface area contributed by atoms with E-state index in [0.29, 0.717) is 18.1 Å². The number of thiophene rings is 1. The number of esters is 1. The largest absolute Gasteiger partial charge is 0.493 e. The monoisotopic (exact) mass is 520 g/mol. The normalized spacial score (nSPS) is 14.6. The lowest BCUT2D eigenvalue weighted by Crippen LogP contribution is -2.37. The third kappa shape index (κ3) is 7.73. The second-order valence-corrected chi connectivity index (χ2v) is 11.4. The Morgan fingerprint density at radius 1 is 1.03 bits per heavy atom. The van der Waals surface area contributed by atoms with E-state index in [1.165, 1.54) is 18.1 Å². The van der Waals surface area contributed by atoms with Crippen molar-refractivity contribution in [3.63, 3.8) is 0 Å². The number of benzene rings is 2. The maximum Gasteiger partial charge on any atom is 0.389 e. The van der Waals surface area contributed by atoms with Crippen molar-refractivity contribution < 1.29 is 27.4 Å². The summed E-state index contributed by atoms with van der Waals surface area (Å²) in [6.45, 7) is 8.71. The second kappa shape index (κ2) is 11.7. The standard InChI is InChI=1S/C29H35F3O3S/c1-6-21-9-7-8-10-24(21)26-14-22-11-12-23(15-25(22)36-26)34-17-28(5,16-29(30,31)32)18-35-27(33)20(4)13-19(2)3/h7-12,14-15,19-20H,6,13,16-18H2,1-5H3. The predicted molar refractivity (Wildman–Crippen MR) is 140 cm³/mol. The van der Waals surface area contributed by atoms with Crippen LogP contribution in [0.4, 0.5) is 13.2 Å². The van der Waals surface area contributed by atoms with Crippen LogP contribution in [0.1, 0.15) is 53.0 Å². The molecule has 36 heavy (non-hydrogen) atoms. The minimum Gasteiger partial charge on any atom is -0.493 e. The second-order valence-electron chi connectivity index (χ2n) is 10.4. The summed E-state index contributed by atoms with van der Waals surface area (Å²) in [5.41, 5.74) is 1.05. The van der Waals surface area contributed by atoms with Gasteiger partial charge in [-0.1, -0.05) is 58.9 Å². The first kappa shape index (κ1) is 28.0. The molecule has 3 nitrogen and oxygen atoms in total. The van der Waals surface area contributed by atoms with Crippen molar-refractivity contribution in [3.8, 4) is 16.2 Å². The zero-order chi connectivity index (χ0) is 26.5. The highest BCUT2D eigenvalue weighted by Crippen LogP contribution is 2.38. The molecule has 0 saturated heterocycles. The Morgan fingerprint density at radius 2 is 1.75 bits per heavy atom. The molecule has 2 aromatic carbocycles. The Balaban J connectivity index is 1.74. The Kier molecular flexibility index (Phi) is 9.09. The van der Waals surface area contributed by atoms with Crippen LogP contribution in [-0.2, 0) is 16.0 Å². The molecule has 3 aromatic rings. The SMILES string of the molecule is CCc1ccccc1-c1cc2ccc(OCC(C)(COC(=O)C(C)CC(C)C)CC(F)(F)F)cc2s1. The van der Waals surface area contributed by atoms with Gasteiger partial charge in [0.1, 0.15) is 12.4 Å². The first-order chi connectivity index (χ1) is 16.9. The van der Waals surface area contributed by atoms with Gasteiger partial charge < -0.3 is 9.47 Å². The highest BCUT2D eigenvalue weighted by molar-refractivity contribution is 7.22. The van der Waals surface area contributed by atoms with Crippen molar-refractivity contribution in [2.24, 2.45) is 17.3 Å². The number of rotatable bonds is 11. The summed E-state index contributed by atoms with van der Waals surface area (Å²) in [5, 5.41) is 1.05. The third-order valence-electron chi connectivity index (χ3n) is 6.16. The minimum atomic E-state index is -4.41. The Morgan fingerprint density at radius 3 is 2.42 bits per heavy atom. The number of hydrogen-bond acceptors (Lipinski definition) is 4. The highest BCUT2D eigenvalue weighted by Gasteiger charge is 2.41. The minimum absolute atomic E-state index is 0.221. The van der Waals surface area contributed by atoms with E-state index in [0.717, 1.165) is 21.4 Å². The highest BCUT2D eigenvalue weighted by atomic mass is 32.1. The number of fused-ring (bicyclic) bond motifs is 1. The van der Waals surface area contributed by atoms with Crippen molar-refractivity contribution in [1.29, 1.82) is 0 Å². The van der Waals surface area contributed by atoms with E-state index in [9.17, 15) is 18.0 Å². The molecule has 0 aliphatic carbocycles. The lowest BCUT2D eigenvalue weighted by atomic mass is 9.88. The molecule has 1 aromatic heterocycles. The van der Waals surface area contributed by atoms with Crippen molar-refractivity contribution in [2.75, 3.05) is 13.2 Å². The number of aryl methyl sites for hydroxylation is 1. The van der Waals surface area contributed by atoms with Gasteiger partial charge in [-0.3, -0.25) is 4.79 Å². The molecule has 0 amide bonds. The van der Waals surface area contributed by atoms with E-state index in [4.69, 9.17) is 9.47 Å². The van der Waals surface area contributed by atoms with Gasteiger partial charge in [-0.25, -0.2) is 0 Å². The third-order valence-corrected chi connectivity index (χ3v) is 7.29. The zero-order valence-corrected chi connectivity index (χ0v) is 22.4. The zero-order valence-electron chi connectivity index (χ0n) is 21.6. The summed E-state index contributed by atoms with van der Waals surface area (Å²) in [7, 11) is 0. The van der Waals surface area contributed by atoms with Crippen LogP contribution in [0.5, 0.6) is 5.75 Å². The van der Waals surface area contributed by atoms with E-state index in [1.807, 2.05) is 38.1 Å². The Labute approximate surface area is 215 Å². The molecule has 0 aliphatic heterocycles. The van der Waals surface area contributed by atoms with E-state index in [1.54, 1.807) is 24.3 Å². The van der Waals surface area contributed by atoms with Crippen LogP contribution in [-0.4, -0.2) is 25.4 Å². The van der Waals surface area contributed by atoms with Crippen molar-refractivity contribution in [1.82, 2.24) is 0 Å². The number of alkyl halides is 3. The summed E-state index contributed by atoms with van der Waals surface area (Å²) in [6.07, 6.45) is -3.97. The number of halogens is 3. The van der Waals surface area contributed by atoms with Gasteiger partial charge in [0, 0.05) is 15.0 Å². The van der Waals surface area contributed by atoms with Gasteiger partial charge in [-0.15, -0.1) is 11.3 Å². The van der Waals surface area contributed by atoms with Crippen LogP contribution >= 0.6 is 11.3 Å². The molecule has 196 valence electrons. The molecule has 2 atom stereocenters. The molecule has 0 aliphatic rings. The van der Waals surface area contributed by atoms with Gasteiger partial charge in [0.25, 0.3) is 0 Å². The number of ether oxygens (including phenoxy) is 2. The van der Waals surface area contributed by atoms with Crippen LogP contribution in [0.25, 0.3) is 20.5 Å². The maximum atomic E-state index is 13.4. The summed E-state index contributed by atoms with van der Waals surface area (Å²) < 4.78 is 52.3. The molecule has 0 saturated carbocycles. The molecular weight excluding hydrogens is 485 g/mol. The summed E-state index contributed by atoms with van der Waals surface area (Å²) in [5.74, 6) is -0.0560. The van der Waals surface area contributed by atoms with Gasteiger partial charge in [0.15, 0.2) is 0 Å². The van der Waals surface area contributed by atoms with Crippen molar-refractivity contribution >= 4 is 27.4 Å². The average Bonchev–Trinajstić information content (AvgIpc) is 3.23. The molecule has 0 fully saturated rings. The van der Waals surface area contributed by atoms with E-state index in [-0.39, 0.29) is 19.1 Å². The fourth-order valence-electron chi connectivity index (χ4n) is 4.38. The molecule has 2 unspecified atom stereocenters. The summed E-state index contributed by atoms with van der Waals surface area (Å²) in [6, 6.07) is 16.0. The van der Waals surface area contributed by atoms with E-state index >= 15 is 0 Å². The molecular formula is C29H35F3O3S. The predicted octanol–water partition coefficient (Wildman–Crippen LogP) is 8.69. The molecule has 3 rings (SSSR count). The average molecular weight is 521 g/mol. The number of carbonyl (C=O) groups is 1. The van der Waals surface area contributed by atoms with Crippen molar-refractivity contribution in [3.05, 3.63) is 54.1 Å². The molecule has 0 spiro atoms. The van der Waals surface area contributed by atoms with Gasteiger partial charge >= 0.3 is 12.1 Å². The molecule has 1 heterocycles. The van der Waals surface area contributed by atoms with E-state index < -0.39 is 24.0 Å². The van der Waals surface area contributed by atoms with Crippen LogP contribution in [0.15, 0.2) is 48.5 Å². The van der Waals surface area contributed by atoms with E-state index in [2.05, 4.69) is 25.1 Å². The van der Waals surface area contributed by atoms with Crippen LogP contribution < -0.4 is 4.74 Å². The molecule has 0 N–H and O–H groups in total. The maximum absolute atomic E-state index is 13.4. The summed E-state index contributed by atoms with van der Waals surface area (Å²) in [4.78, 5) is 13.5. The Hall–Kier alpha value is -2.54. The fraction of sp³-hybridized carbons (Fsp3) is 0.483. The first-order valence-electron chi connectivity index (χ1n) is 12.4. The van der Waals surface area contributed by atoms with Gasteiger partial charge in [-0.2, -0.15) is 13.2 Å². The van der Waals surface area contributed by atoms with Crippen LogP contribution in [0.2, 0.25) is 0 Å². The molecule has 7 heteroatoms. The molecule has 0 bridgehead atoms. The molecule has 0 radical (unpaired) electrons. The lowest BCUT2D eigenvalue weighted by molar-refractivity contribution is -0.176. The van der Waals surface area contributed by atoms with Gasteiger partial charge in [-0.05, 0) is 59.5 Å². The summed E-state index contributed by atoms with van der Waals surface area (Å²) >= 11 is 1.63. The number of hydrogen-bond donors (Lipinski definition) is 0. The van der Waals surface area contributed by atoms with Gasteiger partial charge in [0.05, 0.1) is 18.9 Å².